The van der Waals surface area contributed by atoms with Crippen LogP contribution in [0.15, 0.2) is 11.6 Å². The van der Waals surface area contributed by atoms with E-state index in [-0.39, 0.29) is 17.5 Å². The topological polar surface area (TPSA) is 54.0 Å². The molecule has 0 saturated heterocycles. The van der Waals surface area contributed by atoms with Crippen molar-refractivity contribution in [2.24, 2.45) is 0 Å². The van der Waals surface area contributed by atoms with E-state index in [0.717, 1.165) is 24.4 Å². The molecular weight excluding hydrogens is 246 g/mol. The van der Waals surface area contributed by atoms with Gasteiger partial charge in [0.1, 0.15) is 5.01 Å². The van der Waals surface area contributed by atoms with E-state index < -0.39 is 0 Å². The van der Waals surface area contributed by atoms with Crippen LogP contribution in [0.25, 0.3) is 0 Å². The number of hydrogen-bond acceptors (Lipinski definition) is 4. The van der Waals surface area contributed by atoms with Crippen molar-refractivity contribution in [1.29, 1.82) is 0 Å². The molecule has 0 saturated carbocycles. The van der Waals surface area contributed by atoms with Gasteiger partial charge in [0.15, 0.2) is 0 Å². The van der Waals surface area contributed by atoms with Crippen LogP contribution in [0.2, 0.25) is 0 Å². The van der Waals surface area contributed by atoms with Crippen molar-refractivity contribution in [2.75, 3.05) is 6.54 Å². The number of rotatable bonds is 7. The van der Waals surface area contributed by atoms with Gasteiger partial charge in [-0.15, -0.1) is 11.3 Å². The zero-order valence-electron chi connectivity index (χ0n) is 11.6. The second kappa shape index (κ2) is 6.85. The Morgan fingerprint density at radius 3 is 2.83 bits per heavy atom. The van der Waals surface area contributed by atoms with E-state index in [1.165, 1.54) is 0 Å². The van der Waals surface area contributed by atoms with Crippen LogP contribution in [0.5, 0.6) is 0 Å². The minimum Gasteiger partial charge on any atom is -0.355 e. The lowest BCUT2D eigenvalue weighted by atomic mass is 10.1. The lowest BCUT2D eigenvalue weighted by Gasteiger charge is -2.27. The second-order valence-corrected chi connectivity index (χ2v) is 5.87. The van der Waals surface area contributed by atoms with Crippen molar-refractivity contribution in [3.63, 3.8) is 0 Å². The summed E-state index contributed by atoms with van der Waals surface area (Å²) in [4.78, 5) is 16.2. The van der Waals surface area contributed by atoms with Crippen LogP contribution in [0.1, 0.15) is 45.5 Å². The molecule has 4 nitrogen and oxygen atoms in total. The summed E-state index contributed by atoms with van der Waals surface area (Å²) in [6.45, 7) is 8.83. The smallest absolute Gasteiger partial charge is 0.236 e. The quantitative estimate of drug-likeness (QED) is 0.747. The molecule has 1 unspecified atom stereocenters. The van der Waals surface area contributed by atoms with Gasteiger partial charge >= 0.3 is 0 Å². The SMILES string of the molecule is CCCCNC(=O)C(C)NC(C)(C)c1nccs1. The van der Waals surface area contributed by atoms with Gasteiger partial charge < -0.3 is 5.32 Å². The Bertz CT molecular complexity index is 362. The zero-order chi connectivity index (χ0) is 13.6. The maximum atomic E-state index is 11.9. The minimum absolute atomic E-state index is 0.0491. The van der Waals surface area contributed by atoms with Gasteiger partial charge in [0.2, 0.25) is 5.91 Å². The molecule has 1 atom stereocenters. The Hall–Kier alpha value is -0.940. The van der Waals surface area contributed by atoms with Gasteiger partial charge in [-0.25, -0.2) is 4.98 Å². The van der Waals surface area contributed by atoms with Crippen LogP contribution in [-0.4, -0.2) is 23.5 Å². The predicted octanol–water partition coefficient (Wildman–Crippen LogP) is 2.27. The van der Waals surface area contributed by atoms with Gasteiger partial charge in [-0.1, -0.05) is 13.3 Å². The van der Waals surface area contributed by atoms with Crippen molar-refractivity contribution in [3.05, 3.63) is 16.6 Å². The number of hydrogen-bond donors (Lipinski definition) is 2. The third-order valence-electron chi connectivity index (χ3n) is 2.77. The maximum Gasteiger partial charge on any atom is 0.236 e. The average Bonchev–Trinajstić information content (AvgIpc) is 2.82. The zero-order valence-corrected chi connectivity index (χ0v) is 12.4. The fraction of sp³-hybridized carbons (Fsp3) is 0.692. The van der Waals surface area contributed by atoms with Gasteiger partial charge in [-0.3, -0.25) is 10.1 Å². The molecule has 0 aliphatic carbocycles. The molecule has 0 aliphatic heterocycles. The molecule has 1 aromatic heterocycles. The van der Waals surface area contributed by atoms with Crippen LogP contribution in [0, 0.1) is 0 Å². The Kier molecular flexibility index (Phi) is 5.75. The highest BCUT2D eigenvalue weighted by Gasteiger charge is 2.27. The van der Waals surface area contributed by atoms with Crippen molar-refractivity contribution < 1.29 is 4.79 Å². The average molecular weight is 269 g/mol. The van der Waals surface area contributed by atoms with Gasteiger partial charge in [-0.05, 0) is 27.2 Å². The molecule has 0 spiro atoms. The Morgan fingerprint density at radius 2 is 2.28 bits per heavy atom. The summed E-state index contributed by atoms with van der Waals surface area (Å²) >= 11 is 1.60. The Balaban J connectivity index is 2.48. The molecule has 18 heavy (non-hydrogen) atoms. The monoisotopic (exact) mass is 269 g/mol. The molecule has 0 fully saturated rings. The molecule has 0 aromatic carbocycles. The maximum absolute atomic E-state index is 11.9. The molecule has 1 aromatic rings. The molecular formula is C13H23N3OS. The van der Waals surface area contributed by atoms with Crippen LogP contribution in [-0.2, 0) is 10.3 Å². The van der Waals surface area contributed by atoms with Crippen molar-refractivity contribution in [3.8, 4) is 0 Å². The number of carbonyl (C=O) groups excluding carboxylic acids is 1. The molecule has 2 N–H and O–H groups in total. The third-order valence-corrected chi connectivity index (χ3v) is 3.86. The number of aromatic nitrogens is 1. The standard InChI is InChI=1S/C13H23N3OS/c1-5-6-7-14-11(17)10(2)16-13(3,4)12-15-8-9-18-12/h8-10,16H,5-7H2,1-4H3,(H,14,17). The summed E-state index contributed by atoms with van der Waals surface area (Å²) in [7, 11) is 0. The number of nitrogens with one attached hydrogen (secondary N) is 2. The van der Waals surface area contributed by atoms with E-state index in [2.05, 4.69) is 22.5 Å². The van der Waals surface area contributed by atoms with Crippen LogP contribution in [0.4, 0.5) is 0 Å². The summed E-state index contributed by atoms with van der Waals surface area (Å²) in [6.07, 6.45) is 3.90. The summed E-state index contributed by atoms with van der Waals surface area (Å²) in [5.74, 6) is 0.0491. The normalized spacial score (nSPS) is 13.3. The second-order valence-electron chi connectivity index (χ2n) is 4.97. The molecule has 1 amide bonds. The van der Waals surface area contributed by atoms with Gasteiger partial charge in [0.05, 0.1) is 11.6 Å². The first-order chi connectivity index (χ1) is 8.47. The summed E-state index contributed by atoms with van der Waals surface area (Å²) in [6, 6.07) is -0.222. The minimum atomic E-state index is -0.282. The molecule has 0 bridgehead atoms. The van der Waals surface area contributed by atoms with Crippen molar-refractivity contribution >= 4 is 17.2 Å². The van der Waals surface area contributed by atoms with Crippen LogP contribution >= 0.6 is 11.3 Å². The van der Waals surface area contributed by atoms with Crippen molar-refractivity contribution in [1.82, 2.24) is 15.6 Å². The molecule has 0 aliphatic rings. The summed E-state index contributed by atoms with van der Waals surface area (Å²) < 4.78 is 0. The first kappa shape index (κ1) is 15.1. The predicted molar refractivity (Wildman–Crippen MR) is 75.7 cm³/mol. The van der Waals surface area contributed by atoms with E-state index in [4.69, 9.17) is 0 Å². The Labute approximate surface area is 113 Å². The number of amides is 1. The highest BCUT2D eigenvalue weighted by atomic mass is 32.1. The number of unbranched alkanes of at least 4 members (excludes halogenated alkanes) is 1. The van der Waals surface area contributed by atoms with E-state index in [1.807, 2.05) is 26.2 Å². The summed E-state index contributed by atoms with van der Waals surface area (Å²) in [5.41, 5.74) is -0.282. The van der Waals surface area contributed by atoms with E-state index in [9.17, 15) is 4.79 Å². The van der Waals surface area contributed by atoms with Crippen LogP contribution in [0.3, 0.4) is 0 Å². The van der Waals surface area contributed by atoms with Crippen LogP contribution < -0.4 is 10.6 Å². The lowest BCUT2D eigenvalue weighted by molar-refractivity contribution is -0.123. The largest absolute Gasteiger partial charge is 0.355 e. The van der Waals surface area contributed by atoms with Gasteiger partial charge in [0.25, 0.3) is 0 Å². The number of thiazole rings is 1. The fourth-order valence-electron chi connectivity index (χ4n) is 1.74. The van der Waals surface area contributed by atoms with Gasteiger partial charge in [0, 0.05) is 18.1 Å². The van der Waals surface area contributed by atoms with Crippen molar-refractivity contribution in [2.45, 2.75) is 52.1 Å². The molecule has 5 heteroatoms. The molecule has 1 rings (SSSR count). The summed E-state index contributed by atoms with van der Waals surface area (Å²) in [5, 5.41) is 9.20. The van der Waals surface area contributed by atoms with E-state index in [1.54, 1.807) is 17.5 Å². The van der Waals surface area contributed by atoms with E-state index >= 15 is 0 Å². The molecule has 102 valence electrons. The first-order valence-electron chi connectivity index (χ1n) is 6.42. The van der Waals surface area contributed by atoms with Gasteiger partial charge in [-0.2, -0.15) is 0 Å². The fourth-order valence-corrected chi connectivity index (χ4v) is 2.47. The molecule has 0 radical (unpaired) electrons. The third kappa shape index (κ3) is 4.38. The lowest BCUT2D eigenvalue weighted by Crippen LogP contribution is -2.50. The first-order valence-corrected chi connectivity index (χ1v) is 7.30. The van der Waals surface area contributed by atoms with E-state index in [0.29, 0.717) is 0 Å². The number of nitrogens with zero attached hydrogens (tertiary/aromatic N) is 1. The highest BCUT2D eigenvalue weighted by Crippen LogP contribution is 2.22. The number of carbonyl (C=O) groups is 1. The highest BCUT2D eigenvalue weighted by molar-refractivity contribution is 7.09. The molecule has 1 heterocycles. The Morgan fingerprint density at radius 1 is 1.56 bits per heavy atom.